The number of imidazole rings is 1. The van der Waals surface area contributed by atoms with E-state index >= 15 is 0 Å². The van der Waals surface area contributed by atoms with Gasteiger partial charge in [0.2, 0.25) is 0 Å². The summed E-state index contributed by atoms with van der Waals surface area (Å²) >= 11 is 0. The van der Waals surface area contributed by atoms with Crippen LogP contribution in [0.3, 0.4) is 0 Å². The number of amides is 1. The lowest BCUT2D eigenvalue weighted by atomic mass is 10.2. The lowest BCUT2D eigenvalue weighted by molar-refractivity contribution is 0.0738. The maximum absolute atomic E-state index is 13.5. The molecular weight excluding hydrogens is 380 g/mol. The molecule has 0 N–H and O–H groups in total. The number of benzene rings is 1. The van der Waals surface area contributed by atoms with Gasteiger partial charge in [-0.3, -0.25) is 9.20 Å². The molecule has 0 unspecified atom stereocenters. The highest BCUT2D eigenvalue weighted by molar-refractivity contribution is 5.95. The van der Waals surface area contributed by atoms with E-state index in [2.05, 4.69) is 11.0 Å². The van der Waals surface area contributed by atoms with Crippen molar-refractivity contribution in [3.63, 3.8) is 0 Å². The Morgan fingerprint density at radius 2 is 1.77 bits per heavy atom. The topological polar surface area (TPSA) is 59.3 Å². The molecule has 0 bridgehead atoms. The molecule has 30 heavy (non-hydrogen) atoms. The van der Waals surface area contributed by atoms with Crippen molar-refractivity contribution in [3.8, 4) is 11.5 Å². The van der Waals surface area contributed by atoms with Crippen LogP contribution in [0.2, 0.25) is 0 Å². The van der Waals surface area contributed by atoms with Gasteiger partial charge in [-0.2, -0.15) is 0 Å². The predicted octanol–water partition coefficient (Wildman–Crippen LogP) is 3.27. The fourth-order valence-corrected chi connectivity index (χ4v) is 4.02. The molecule has 1 saturated heterocycles. The van der Waals surface area contributed by atoms with Crippen molar-refractivity contribution >= 4 is 17.2 Å². The number of anilines is 1. The van der Waals surface area contributed by atoms with Crippen molar-refractivity contribution in [1.82, 2.24) is 14.3 Å². The number of hydrogen-bond acceptors (Lipinski definition) is 5. The molecule has 0 atom stereocenters. The second-order valence-electron chi connectivity index (χ2n) is 7.21. The van der Waals surface area contributed by atoms with Gasteiger partial charge >= 0.3 is 0 Å². The Balaban J connectivity index is 1.57. The zero-order valence-electron chi connectivity index (χ0n) is 17.8. The number of carbonyl (C=O) groups is 1. The summed E-state index contributed by atoms with van der Waals surface area (Å²) in [4.78, 5) is 22.4. The Bertz CT molecular complexity index is 1040. The maximum atomic E-state index is 13.5. The average molecular weight is 409 g/mol. The summed E-state index contributed by atoms with van der Waals surface area (Å²) in [7, 11) is 1.69. The Morgan fingerprint density at radius 1 is 1.03 bits per heavy atom. The first kappa shape index (κ1) is 20.1. The Kier molecular flexibility index (Phi) is 5.79. The molecule has 7 nitrogen and oxygen atoms in total. The number of aryl methyl sites for hydroxylation is 1. The minimum absolute atomic E-state index is 0.0210. The zero-order chi connectivity index (χ0) is 21.1. The molecule has 0 saturated carbocycles. The number of fused-ring (bicyclic) bond motifs is 1. The van der Waals surface area contributed by atoms with E-state index in [1.54, 1.807) is 7.11 Å². The maximum Gasteiger partial charge on any atom is 0.272 e. The molecule has 0 spiro atoms. The van der Waals surface area contributed by atoms with Crippen molar-refractivity contribution in [2.24, 2.45) is 0 Å². The van der Waals surface area contributed by atoms with Crippen LogP contribution in [0.1, 0.15) is 30.0 Å². The highest BCUT2D eigenvalue weighted by atomic mass is 16.5. The smallest absolute Gasteiger partial charge is 0.272 e. The fraction of sp³-hybridized carbons (Fsp3) is 0.391. The van der Waals surface area contributed by atoms with Crippen molar-refractivity contribution < 1.29 is 14.3 Å². The molecule has 158 valence electrons. The van der Waals surface area contributed by atoms with Crippen LogP contribution in [0.25, 0.3) is 5.65 Å². The van der Waals surface area contributed by atoms with E-state index < -0.39 is 0 Å². The standard InChI is InChI=1S/C23H28N4O3/c1-4-17-21(27-12-8-11-20(30-5-2)22(27)24-17)23(28)26-15-13-25(14-16-26)18-9-6-7-10-19(18)29-3/h6-12H,4-5,13-16H2,1-3H3. The molecule has 3 aromatic rings. The van der Waals surface area contributed by atoms with Gasteiger partial charge in [0.1, 0.15) is 11.4 Å². The monoisotopic (exact) mass is 408 g/mol. The molecule has 7 heteroatoms. The van der Waals surface area contributed by atoms with Gasteiger partial charge in [0.05, 0.1) is 25.1 Å². The van der Waals surface area contributed by atoms with E-state index in [0.717, 1.165) is 30.2 Å². The number of nitrogens with zero attached hydrogens (tertiary/aromatic N) is 4. The summed E-state index contributed by atoms with van der Waals surface area (Å²) in [6.45, 7) is 7.35. The molecular formula is C23H28N4O3. The Hall–Kier alpha value is -3.22. The summed E-state index contributed by atoms with van der Waals surface area (Å²) in [6, 6.07) is 11.8. The second kappa shape index (κ2) is 8.65. The molecule has 1 fully saturated rings. The van der Waals surface area contributed by atoms with E-state index in [1.807, 2.05) is 59.7 Å². The van der Waals surface area contributed by atoms with Crippen LogP contribution in [-0.4, -0.2) is 60.1 Å². The number of hydrogen-bond donors (Lipinski definition) is 0. The van der Waals surface area contributed by atoms with Crippen LogP contribution < -0.4 is 14.4 Å². The Labute approximate surface area is 176 Å². The van der Waals surface area contributed by atoms with Gasteiger partial charge < -0.3 is 19.3 Å². The highest BCUT2D eigenvalue weighted by Gasteiger charge is 2.28. The third-order valence-electron chi connectivity index (χ3n) is 5.52. The summed E-state index contributed by atoms with van der Waals surface area (Å²) in [6.07, 6.45) is 2.58. The van der Waals surface area contributed by atoms with Crippen LogP contribution >= 0.6 is 0 Å². The largest absolute Gasteiger partial charge is 0.495 e. The molecule has 0 radical (unpaired) electrons. The fourth-order valence-electron chi connectivity index (χ4n) is 4.02. The SMILES string of the molecule is CCOc1cccn2c(C(=O)N3CCN(c4ccccc4OC)CC3)c(CC)nc12. The number of methoxy groups -OCH3 is 1. The Morgan fingerprint density at radius 3 is 2.47 bits per heavy atom. The van der Waals surface area contributed by atoms with Crippen molar-refractivity contribution in [1.29, 1.82) is 0 Å². The minimum Gasteiger partial charge on any atom is -0.495 e. The average Bonchev–Trinajstić information content (AvgIpc) is 3.18. The van der Waals surface area contributed by atoms with E-state index in [1.165, 1.54) is 0 Å². The van der Waals surface area contributed by atoms with Gasteiger partial charge in [-0.25, -0.2) is 4.98 Å². The number of pyridine rings is 1. The van der Waals surface area contributed by atoms with E-state index in [-0.39, 0.29) is 5.91 Å². The normalized spacial score (nSPS) is 14.2. The lowest BCUT2D eigenvalue weighted by Gasteiger charge is -2.36. The van der Waals surface area contributed by atoms with Crippen molar-refractivity contribution in [2.75, 3.05) is 44.8 Å². The first-order valence-corrected chi connectivity index (χ1v) is 10.5. The second-order valence-corrected chi connectivity index (χ2v) is 7.21. The highest BCUT2D eigenvalue weighted by Crippen LogP contribution is 2.29. The number of aromatic nitrogens is 2. The van der Waals surface area contributed by atoms with Gasteiger partial charge in [0.15, 0.2) is 11.4 Å². The number of para-hydroxylation sites is 2. The lowest BCUT2D eigenvalue weighted by Crippen LogP contribution is -2.49. The quantitative estimate of drug-likeness (QED) is 0.627. The molecule has 1 aliphatic rings. The van der Waals surface area contributed by atoms with E-state index in [9.17, 15) is 4.79 Å². The summed E-state index contributed by atoms with van der Waals surface area (Å²) < 4.78 is 13.1. The number of piperazine rings is 1. The van der Waals surface area contributed by atoms with Crippen LogP contribution in [0.5, 0.6) is 11.5 Å². The van der Waals surface area contributed by atoms with Crippen LogP contribution in [0.4, 0.5) is 5.69 Å². The number of rotatable bonds is 6. The molecule has 1 aromatic carbocycles. The summed E-state index contributed by atoms with van der Waals surface area (Å²) in [5, 5.41) is 0. The summed E-state index contributed by atoms with van der Waals surface area (Å²) in [5.41, 5.74) is 3.21. The molecule has 0 aliphatic carbocycles. The van der Waals surface area contributed by atoms with Gasteiger partial charge in [-0.1, -0.05) is 19.1 Å². The minimum atomic E-state index is 0.0210. The third kappa shape index (κ3) is 3.56. The molecule has 1 aliphatic heterocycles. The van der Waals surface area contributed by atoms with Crippen LogP contribution in [0, 0.1) is 0 Å². The van der Waals surface area contributed by atoms with Crippen molar-refractivity contribution in [3.05, 3.63) is 54.0 Å². The molecule has 2 aromatic heterocycles. The van der Waals surface area contributed by atoms with E-state index in [0.29, 0.717) is 43.2 Å². The van der Waals surface area contributed by atoms with E-state index in [4.69, 9.17) is 14.5 Å². The first-order chi connectivity index (χ1) is 14.7. The molecule has 3 heterocycles. The number of carbonyl (C=O) groups excluding carboxylic acids is 1. The molecule has 1 amide bonds. The zero-order valence-corrected chi connectivity index (χ0v) is 17.8. The van der Waals surface area contributed by atoms with Gasteiger partial charge in [0, 0.05) is 32.4 Å². The van der Waals surface area contributed by atoms with Crippen LogP contribution in [0.15, 0.2) is 42.6 Å². The first-order valence-electron chi connectivity index (χ1n) is 10.5. The third-order valence-corrected chi connectivity index (χ3v) is 5.52. The van der Waals surface area contributed by atoms with Crippen molar-refractivity contribution in [2.45, 2.75) is 20.3 Å². The van der Waals surface area contributed by atoms with Gasteiger partial charge in [-0.05, 0) is 37.6 Å². The van der Waals surface area contributed by atoms with Gasteiger partial charge in [-0.15, -0.1) is 0 Å². The predicted molar refractivity (Wildman–Crippen MR) is 117 cm³/mol. The van der Waals surface area contributed by atoms with Gasteiger partial charge in [0.25, 0.3) is 5.91 Å². The van der Waals surface area contributed by atoms with Crippen LogP contribution in [-0.2, 0) is 6.42 Å². The molecule has 4 rings (SSSR count). The summed E-state index contributed by atoms with van der Waals surface area (Å²) in [5.74, 6) is 1.58. The number of ether oxygens (including phenoxy) is 2.